The van der Waals surface area contributed by atoms with E-state index in [1.807, 2.05) is 31.2 Å². The number of amides is 1. The molecule has 1 fully saturated rings. The summed E-state index contributed by atoms with van der Waals surface area (Å²) in [5.74, 6) is 1.72. The summed E-state index contributed by atoms with van der Waals surface area (Å²) in [6, 6.07) is 18.6. The molecular weight excluding hydrogens is 452 g/mol. The number of ether oxygens (including phenoxy) is 2. The first-order valence-electron chi connectivity index (χ1n) is 13.0. The van der Waals surface area contributed by atoms with Gasteiger partial charge in [-0.05, 0) is 62.9 Å². The van der Waals surface area contributed by atoms with Gasteiger partial charge in [0.25, 0.3) is 5.91 Å². The monoisotopic (exact) mass is 488 g/mol. The number of nitrogens with zero attached hydrogens (tertiary/aromatic N) is 2. The van der Waals surface area contributed by atoms with Crippen LogP contribution >= 0.6 is 0 Å². The average Bonchev–Trinajstić information content (AvgIpc) is 3.54. The summed E-state index contributed by atoms with van der Waals surface area (Å²) in [6.07, 6.45) is 3.99. The third-order valence-corrected chi connectivity index (χ3v) is 7.10. The fourth-order valence-electron chi connectivity index (χ4n) is 5.10. The topological polar surface area (TPSA) is 69.8 Å². The Labute approximate surface area is 213 Å². The summed E-state index contributed by atoms with van der Waals surface area (Å²) in [5, 5.41) is 3.11. The maximum atomic E-state index is 12.7. The fourth-order valence-corrected chi connectivity index (χ4v) is 5.10. The quantitative estimate of drug-likeness (QED) is 0.419. The number of para-hydroxylation sites is 1. The molecule has 7 nitrogen and oxygen atoms in total. The van der Waals surface area contributed by atoms with E-state index < -0.39 is 0 Å². The summed E-state index contributed by atoms with van der Waals surface area (Å²) < 4.78 is 11.2. The summed E-state index contributed by atoms with van der Waals surface area (Å²) in [7, 11) is 0. The van der Waals surface area contributed by atoms with Crippen molar-refractivity contribution in [3.8, 4) is 11.5 Å². The van der Waals surface area contributed by atoms with E-state index in [4.69, 9.17) is 9.47 Å². The van der Waals surface area contributed by atoms with Crippen molar-refractivity contribution < 1.29 is 14.3 Å². The molecule has 1 amide bonds. The van der Waals surface area contributed by atoms with Crippen LogP contribution in [0.4, 0.5) is 5.69 Å². The maximum Gasteiger partial charge on any atom is 0.253 e. The summed E-state index contributed by atoms with van der Waals surface area (Å²) in [4.78, 5) is 21.0. The van der Waals surface area contributed by atoms with Gasteiger partial charge in [-0.3, -0.25) is 9.69 Å². The van der Waals surface area contributed by atoms with E-state index in [0.717, 1.165) is 92.5 Å². The van der Waals surface area contributed by atoms with Gasteiger partial charge < -0.3 is 24.7 Å². The minimum atomic E-state index is 0.0167. The largest absolute Gasteiger partial charge is 0.454 e. The number of carbonyl (C=O) groups is 1. The second-order valence-corrected chi connectivity index (χ2v) is 9.62. The van der Waals surface area contributed by atoms with Crippen LogP contribution in [-0.4, -0.2) is 61.9 Å². The van der Waals surface area contributed by atoms with Crippen molar-refractivity contribution in [1.82, 2.24) is 15.2 Å². The fraction of sp³-hybridized carbons (Fsp3) is 0.414. The lowest BCUT2D eigenvalue weighted by atomic mass is 10.1. The van der Waals surface area contributed by atoms with Crippen molar-refractivity contribution >= 4 is 11.6 Å². The van der Waals surface area contributed by atoms with Gasteiger partial charge in [-0.15, -0.1) is 0 Å². The zero-order valence-electron chi connectivity index (χ0n) is 21.1. The molecule has 0 atom stereocenters. The highest BCUT2D eigenvalue weighted by molar-refractivity contribution is 5.95. The van der Waals surface area contributed by atoms with E-state index in [2.05, 4.69) is 50.4 Å². The molecule has 0 radical (unpaired) electrons. The van der Waals surface area contributed by atoms with Crippen LogP contribution in [0, 0.1) is 6.92 Å². The molecule has 190 valence electrons. The molecule has 1 aromatic heterocycles. The number of fused-ring (bicyclic) bond motifs is 1. The minimum Gasteiger partial charge on any atom is -0.454 e. The minimum absolute atomic E-state index is 0.0167. The molecular formula is C29H36N4O3. The zero-order valence-corrected chi connectivity index (χ0v) is 21.1. The Balaban J connectivity index is 1.01. The Hall–Kier alpha value is -3.45. The lowest BCUT2D eigenvalue weighted by Gasteiger charge is -2.36. The molecule has 0 bridgehead atoms. The predicted molar refractivity (Wildman–Crippen MR) is 142 cm³/mol. The number of nitrogens with one attached hydrogen (secondary N) is 2. The molecule has 2 aliphatic rings. The first-order valence-corrected chi connectivity index (χ1v) is 13.0. The van der Waals surface area contributed by atoms with Gasteiger partial charge in [-0.2, -0.15) is 0 Å². The number of H-pyrrole nitrogens is 1. The average molecular weight is 489 g/mol. The molecule has 0 saturated carbocycles. The van der Waals surface area contributed by atoms with E-state index in [-0.39, 0.29) is 5.91 Å². The van der Waals surface area contributed by atoms with Gasteiger partial charge in [-0.25, -0.2) is 0 Å². The molecule has 1 saturated heterocycles. The van der Waals surface area contributed by atoms with E-state index in [0.29, 0.717) is 13.3 Å². The highest BCUT2D eigenvalue weighted by atomic mass is 16.7. The van der Waals surface area contributed by atoms with Gasteiger partial charge >= 0.3 is 0 Å². The van der Waals surface area contributed by atoms with E-state index in [9.17, 15) is 4.79 Å². The Morgan fingerprint density at radius 3 is 2.64 bits per heavy atom. The van der Waals surface area contributed by atoms with Gasteiger partial charge in [0.05, 0.1) is 11.3 Å². The van der Waals surface area contributed by atoms with Crippen LogP contribution in [0.2, 0.25) is 0 Å². The summed E-state index contributed by atoms with van der Waals surface area (Å²) >= 11 is 0. The molecule has 0 aliphatic carbocycles. The third kappa shape index (κ3) is 5.85. The van der Waals surface area contributed by atoms with Crippen molar-refractivity contribution in [1.29, 1.82) is 0 Å². The second-order valence-electron chi connectivity index (χ2n) is 9.62. The number of aromatic amines is 1. The standard InChI is InChI=1S/C29H36N4O3/c1-22-25(20-24(31-22)11-5-10-23-8-3-2-4-9-23)29(34)30-14-7-15-32-16-18-33(19-17-32)26-12-6-13-27-28(26)36-21-35-27/h2-4,6,8-9,12-13,20,31H,5,7,10-11,14-19,21H2,1H3,(H,30,34). The van der Waals surface area contributed by atoms with Gasteiger partial charge in [0.2, 0.25) is 6.79 Å². The molecule has 3 heterocycles. The molecule has 3 aromatic rings. The van der Waals surface area contributed by atoms with Crippen molar-refractivity contribution in [3.63, 3.8) is 0 Å². The van der Waals surface area contributed by atoms with E-state index in [1.165, 1.54) is 5.56 Å². The maximum absolute atomic E-state index is 12.7. The SMILES string of the molecule is Cc1[nH]c(CCCc2ccccc2)cc1C(=O)NCCCN1CCN(c2cccc3c2OCO3)CC1. The predicted octanol–water partition coefficient (Wildman–Crippen LogP) is 4.17. The van der Waals surface area contributed by atoms with Crippen molar-refractivity contribution in [2.24, 2.45) is 0 Å². The van der Waals surface area contributed by atoms with Crippen LogP contribution in [0.25, 0.3) is 0 Å². The number of aromatic nitrogens is 1. The van der Waals surface area contributed by atoms with Crippen LogP contribution in [0.1, 0.15) is 40.2 Å². The number of carbonyl (C=O) groups excluding carboxylic acids is 1. The number of piperazine rings is 1. The lowest BCUT2D eigenvalue weighted by Crippen LogP contribution is -2.47. The third-order valence-electron chi connectivity index (χ3n) is 7.10. The van der Waals surface area contributed by atoms with Gasteiger partial charge in [0, 0.05) is 44.1 Å². The van der Waals surface area contributed by atoms with Gasteiger partial charge in [0.1, 0.15) is 0 Å². The molecule has 0 spiro atoms. The number of hydrogen-bond acceptors (Lipinski definition) is 5. The Bertz CT molecular complexity index is 1150. The molecule has 0 unspecified atom stereocenters. The van der Waals surface area contributed by atoms with Crippen LogP contribution in [0.3, 0.4) is 0 Å². The Morgan fingerprint density at radius 1 is 0.972 bits per heavy atom. The molecule has 2 aliphatic heterocycles. The summed E-state index contributed by atoms with van der Waals surface area (Å²) in [5.41, 5.74) is 5.32. The van der Waals surface area contributed by atoms with Crippen LogP contribution in [0.5, 0.6) is 11.5 Å². The lowest BCUT2D eigenvalue weighted by molar-refractivity contribution is 0.0951. The van der Waals surface area contributed by atoms with E-state index >= 15 is 0 Å². The first kappa shape index (κ1) is 24.3. The second kappa shape index (κ2) is 11.5. The number of benzene rings is 2. The van der Waals surface area contributed by atoms with Crippen LogP contribution in [0.15, 0.2) is 54.6 Å². The normalized spacial score (nSPS) is 15.3. The zero-order chi connectivity index (χ0) is 24.7. The molecule has 5 rings (SSSR count). The van der Waals surface area contributed by atoms with Crippen LogP contribution in [-0.2, 0) is 12.8 Å². The number of anilines is 1. The summed E-state index contributed by atoms with van der Waals surface area (Å²) in [6.45, 7) is 7.87. The van der Waals surface area contributed by atoms with Crippen molar-refractivity contribution in [2.45, 2.75) is 32.6 Å². The Morgan fingerprint density at radius 2 is 1.81 bits per heavy atom. The number of aryl methyl sites for hydroxylation is 3. The first-order chi connectivity index (χ1) is 17.7. The van der Waals surface area contributed by atoms with Crippen LogP contribution < -0.4 is 19.7 Å². The highest BCUT2D eigenvalue weighted by Gasteiger charge is 2.24. The van der Waals surface area contributed by atoms with Gasteiger partial charge in [0.15, 0.2) is 11.5 Å². The van der Waals surface area contributed by atoms with Gasteiger partial charge in [-0.1, -0.05) is 36.4 Å². The smallest absolute Gasteiger partial charge is 0.253 e. The molecule has 2 aromatic carbocycles. The van der Waals surface area contributed by atoms with Crippen molar-refractivity contribution in [2.75, 3.05) is 51.0 Å². The molecule has 36 heavy (non-hydrogen) atoms. The Kier molecular flexibility index (Phi) is 7.76. The highest BCUT2D eigenvalue weighted by Crippen LogP contribution is 2.41. The molecule has 7 heteroatoms. The number of hydrogen-bond donors (Lipinski definition) is 2. The van der Waals surface area contributed by atoms with Crippen molar-refractivity contribution in [3.05, 3.63) is 77.1 Å². The number of rotatable bonds is 10. The molecule has 2 N–H and O–H groups in total. The van der Waals surface area contributed by atoms with E-state index in [1.54, 1.807) is 0 Å².